The van der Waals surface area contributed by atoms with E-state index in [1.807, 2.05) is 36.4 Å². The van der Waals surface area contributed by atoms with Gasteiger partial charge in [-0.2, -0.15) is 0 Å². The van der Waals surface area contributed by atoms with E-state index >= 15 is 0 Å². The average Bonchev–Trinajstić information content (AvgIpc) is 2.68. The SMILES string of the molecule is O=C(CSc1cccc(NC(=O)c2ccc(Cl)cc2Cl)c1)Nc1ccccc1Br. The molecule has 2 amide bonds. The van der Waals surface area contributed by atoms with Gasteiger partial charge in [0.2, 0.25) is 5.91 Å². The molecule has 29 heavy (non-hydrogen) atoms. The van der Waals surface area contributed by atoms with Crippen molar-refractivity contribution in [1.82, 2.24) is 0 Å². The minimum Gasteiger partial charge on any atom is -0.324 e. The number of amides is 2. The first-order valence-electron chi connectivity index (χ1n) is 8.46. The number of thioether (sulfide) groups is 1. The molecule has 8 heteroatoms. The standard InChI is InChI=1S/C21H15BrCl2N2O2S/c22-17-6-1-2-7-19(17)26-20(27)12-29-15-5-3-4-14(11-15)25-21(28)16-9-8-13(23)10-18(16)24/h1-11H,12H2,(H,25,28)(H,26,27). The lowest BCUT2D eigenvalue weighted by molar-refractivity contribution is -0.113. The molecule has 0 aliphatic carbocycles. The third-order valence-electron chi connectivity index (χ3n) is 3.79. The minimum atomic E-state index is -0.333. The van der Waals surface area contributed by atoms with Gasteiger partial charge in [0, 0.05) is 20.1 Å². The summed E-state index contributed by atoms with van der Waals surface area (Å²) in [6, 6.07) is 19.4. The molecule has 2 N–H and O–H groups in total. The van der Waals surface area contributed by atoms with Gasteiger partial charge in [-0.15, -0.1) is 11.8 Å². The molecule has 0 aromatic heterocycles. The fourth-order valence-electron chi connectivity index (χ4n) is 2.43. The van der Waals surface area contributed by atoms with E-state index in [4.69, 9.17) is 23.2 Å². The van der Waals surface area contributed by atoms with E-state index in [1.165, 1.54) is 17.8 Å². The molecule has 0 bridgehead atoms. The summed E-state index contributed by atoms with van der Waals surface area (Å²) in [5.74, 6) is -0.216. The van der Waals surface area contributed by atoms with E-state index in [9.17, 15) is 9.59 Å². The van der Waals surface area contributed by atoms with Crippen LogP contribution in [0.2, 0.25) is 10.0 Å². The van der Waals surface area contributed by atoms with Crippen LogP contribution >= 0.6 is 50.9 Å². The maximum absolute atomic E-state index is 12.4. The van der Waals surface area contributed by atoms with Crippen LogP contribution in [0.4, 0.5) is 11.4 Å². The van der Waals surface area contributed by atoms with Crippen molar-refractivity contribution in [3.8, 4) is 0 Å². The monoisotopic (exact) mass is 508 g/mol. The summed E-state index contributed by atoms with van der Waals surface area (Å²) in [4.78, 5) is 25.5. The Morgan fingerprint density at radius 2 is 1.72 bits per heavy atom. The van der Waals surface area contributed by atoms with Gasteiger partial charge in [0.15, 0.2) is 0 Å². The fraction of sp³-hybridized carbons (Fsp3) is 0.0476. The van der Waals surface area contributed by atoms with Gasteiger partial charge in [0.25, 0.3) is 5.91 Å². The van der Waals surface area contributed by atoms with Gasteiger partial charge in [-0.25, -0.2) is 0 Å². The Bertz CT molecular complexity index is 1060. The first-order chi connectivity index (χ1) is 13.9. The Hall–Kier alpha value is -1.99. The van der Waals surface area contributed by atoms with Crippen LogP contribution in [0.5, 0.6) is 0 Å². The van der Waals surface area contributed by atoms with Crippen LogP contribution in [0, 0.1) is 0 Å². The Balaban J connectivity index is 1.60. The van der Waals surface area contributed by atoms with Crippen LogP contribution in [0.3, 0.4) is 0 Å². The van der Waals surface area contributed by atoms with Gasteiger partial charge in [-0.1, -0.05) is 41.4 Å². The van der Waals surface area contributed by atoms with E-state index in [0.29, 0.717) is 16.3 Å². The molecule has 0 heterocycles. The molecule has 0 aliphatic heterocycles. The fourth-order valence-corrected chi connectivity index (χ4v) is 4.07. The van der Waals surface area contributed by atoms with Gasteiger partial charge in [0.1, 0.15) is 0 Å². The number of hydrogen-bond acceptors (Lipinski definition) is 3. The molecule has 0 unspecified atom stereocenters. The predicted molar refractivity (Wildman–Crippen MR) is 124 cm³/mol. The summed E-state index contributed by atoms with van der Waals surface area (Å²) < 4.78 is 0.823. The molecule has 3 aromatic rings. The zero-order valence-electron chi connectivity index (χ0n) is 14.9. The summed E-state index contributed by atoms with van der Waals surface area (Å²) in [5.41, 5.74) is 1.66. The van der Waals surface area contributed by atoms with Gasteiger partial charge in [-0.3, -0.25) is 9.59 Å². The number of nitrogens with one attached hydrogen (secondary N) is 2. The highest BCUT2D eigenvalue weighted by Gasteiger charge is 2.12. The average molecular weight is 510 g/mol. The van der Waals surface area contributed by atoms with Crippen molar-refractivity contribution in [2.45, 2.75) is 4.90 Å². The molecule has 0 saturated carbocycles. The third-order valence-corrected chi connectivity index (χ3v) is 6.02. The van der Waals surface area contributed by atoms with Crippen LogP contribution < -0.4 is 10.6 Å². The summed E-state index contributed by atoms with van der Waals surface area (Å²) >= 11 is 16.7. The smallest absolute Gasteiger partial charge is 0.257 e. The first kappa shape index (κ1) is 21.7. The molecule has 3 aromatic carbocycles. The van der Waals surface area contributed by atoms with Gasteiger partial charge >= 0.3 is 0 Å². The predicted octanol–water partition coefficient (Wildman–Crippen LogP) is 6.74. The van der Waals surface area contributed by atoms with E-state index in [0.717, 1.165) is 15.1 Å². The van der Waals surface area contributed by atoms with Crippen molar-refractivity contribution in [3.05, 3.63) is 86.8 Å². The topological polar surface area (TPSA) is 58.2 Å². The molecule has 148 valence electrons. The zero-order chi connectivity index (χ0) is 20.8. The molecule has 0 spiro atoms. The highest BCUT2D eigenvalue weighted by atomic mass is 79.9. The summed E-state index contributed by atoms with van der Waals surface area (Å²) in [5, 5.41) is 6.41. The van der Waals surface area contributed by atoms with Crippen molar-refractivity contribution >= 4 is 74.1 Å². The van der Waals surface area contributed by atoms with E-state index in [-0.39, 0.29) is 22.6 Å². The number of para-hydroxylation sites is 1. The number of halogens is 3. The third kappa shape index (κ3) is 6.24. The maximum atomic E-state index is 12.4. The molecular formula is C21H15BrCl2N2O2S. The van der Waals surface area contributed by atoms with E-state index in [1.54, 1.807) is 24.3 Å². The molecule has 0 saturated heterocycles. The molecule has 0 fully saturated rings. The first-order valence-corrected chi connectivity index (χ1v) is 11.0. The summed E-state index contributed by atoms with van der Waals surface area (Å²) in [7, 11) is 0. The largest absolute Gasteiger partial charge is 0.324 e. The second-order valence-electron chi connectivity index (χ2n) is 5.92. The Morgan fingerprint density at radius 3 is 2.48 bits per heavy atom. The summed E-state index contributed by atoms with van der Waals surface area (Å²) in [6.07, 6.45) is 0. The number of carbonyl (C=O) groups is 2. The molecular weight excluding hydrogens is 495 g/mol. The lowest BCUT2D eigenvalue weighted by Gasteiger charge is -2.09. The number of benzene rings is 3. The number of rotatable bonds is 6. The Labute approximate surface area is 191 Å². The van der Waals surface area contributed by atoms with Crippen LogP contribution in [-0.4, -0.2) is 17.6 Å². The highest BCUT2D eigenvalue weighted by molar-refractivity contribution is 9.10. The highest BCUT2D eigenvalue weighted by Crippen LogP contribution is 2.26. The quantitative estimate of drug-likeness (QED) is 0.362. The number of carbonyl (C=O) groups excluding carboxylic acids is 2. The molecule has 4 nitrogen and oxygen atoms in total. The van der Waals surface area contributed by atoms with Gasteiger partial charge in [-0.05, 0) is 64.5 Å². The van der Waals surface area contributed by atoms with Gasteiger partial charge < -0.3 is 10.6 Å². The number of hydrogen-bond donors (Lipinski definition) is 2. The Morgan fingerprint density at radius 1 is 0.931 bits per heavy atom. The van der Waals surface area contributed by atoms with Crippen molar-refractivity contribution in [3.63, 3.8) is 0 Å². The van der Waals surface area contributed by atoms with Crippen LogP contribution in [0.25, 0.3) is 0 Å². The lowest BCUT2D eigenvalue weighted by atomic mass is 10.2. The molecule has 0 aliphatic rings. The van der Waals surface area contributed by atoms with Crippen molar-refractivity contribution in [2.24, 2.45) is 0 Å². The maximum Gasteiger partial charge on any atom is 0.257 e. The molecule has 0 radical (unpaired) electrons. The second kappa shape index (κ2) is 10.2. The number of anilines is 2. The summed E-state index contributed by atoms with van der Waals surface area (Å²) in [6.45, 7) is 0. The van der Waals surface area contributed by atoms with Crippen LogP contribution in [-0.2, 0) is 4.79 Å². The molecule has 3 rings (SSSR count). The van der Waals surface area contributed by atoms with Crippen molar-refractivity contribution in [1.29, 1.82) is 0 Å². The van der Waals surface area contributed by atoms with E-state index < -0.39 is 0 Å². The normalized spacial score (nSPS) is 10.4. The lowest BCUT2D eigenvalue weighted by Crippen LogP contribution is -2.14. The molecule has 0 atom stereocenters. The Kier molecular flexibility index (Phi) is 7.61. The second-order valence-corrected chi connectivity index (χ2v) is 8.67. The minimum absolute atomic E-state index is 0.121. The van der Waals surface area contributed by atoms with Crippen molar-refractivity contribution in [2.75, 3.05) is 16.4 Å². The van der Waals surface area contributed by atoms with Crippen LogP contribution in [0.15, 0.2) is 76.1 Å². The zero-order valence-corrected chi connectivity index (χ0v) is 18.8. The van der Waals surface area contributed by atoms with E-state index in [2.05, 4.69) is 26.6 Å². The van der Waals surface area contributed by atoms with Crippen LogP contribution in [0.1, 0.15) is 10.4 Å². The van der Waals surface area contributed by atoms with Crippen molar-refractivity contribution < 1.29 is 9.59 Å². The van der Waals surface area contributed by atoms with Gasteiger partial charge in [0.05, 0.1) is 22.0 Å².